The van der Waals surface area contributed by atoms with Gasteiger partial charge in [-0.1, -0.05) is 13.2 Å². The second-order valence-corrected chi connectivity index (χ2v) is 2.00. The monoisotopic (exact) mass is 155 g/mol. The van der Waals surface area contributed by atoms with E-state index in [2.05, 4.69) is 18.5 Å². The Morgan fingerprint density at radius 3 is 2.82 bits per heavy atom. The van der Waals surface area contributed by atoms with E-state index in [1.807, 2.05) is 0 Å². The molecule has 0 aromatic heterocycles. The molecule has 0 aromatic carbocycles. The second-order valence-electron chi connectivity index (χ2n) is 2.00. The zero-order valence-corrected chi connectivity index (χ0v) is 6.72. The van der Waals surface area contributed by atoms with Crippen molar-refractivity contribution < 1.29 is 9.53 Å². The van der Waals surface area contributed by atoms with Gasteiger partial charge in [0.15, 0.2) is 0 Å². The predicted molar refractivity (Wildman–Crippen MR) is 44.0 cm³/mol. The minimum Gasteiger partial charge on any atom is -0.492 e. The van der Waals surface area contributed by atoms with Crippen LogP contribution in [0.25, 0.3) is 0 Å². The molecule has 0 unspecified atom stereocenters. The second kappa shape index (κ2) is 5.53. The largest absolute Gasteiger partial charge is 0.492 e. The number of hydrogen-bond acceptors (Lipinski definition) is 2. The number of nitrogens with one attached hydrogen (secondary N) is 1. The van der Waals surface area contributed by atoms with Gasteiger partial charge in [-0.15, -0.1) is 0 Å². The Labute approximate surface area is 66.7 Å². The molecule has 3 nitrogen and oxygen atoms in total. The molecule has 0 heterocycles. The Balaban J connectivity index is 3.21. The van der Waals surface area contributed by atoms with Crippen molar-refractivity contribution in [1.82, 2.24) is 5.32 Å². The maximum Gasteiger partial charge on any atom is 0.216 e. The lowest BCUT2D eigenvalue weighted by atomic mass is 10.5. The summed E-state index contributed by atoms with van der Waals surface area (Å²) in [6.07, 6.45) is 1.52. The highest BCUT2D eigenvalue weighted by Crippen LogP contribution is 1.91. The molecule has 0 bridgehead atoms. The normalized spacial score (nSPS) is 8.45. The highest BCUT2D eigenvalue weighted by atomic mass is 16.5. The van der Waals surface area contributed by atoms with Crippen LogP contribution in [0.1, 0.15) is 6.92 Å². The quantitative estimate of drug-likeness (QED) is 0.363. The number of allylic oxidation sites excluding steroid dienone is 1. The average molecular weight is 155 g/mol. The van der Waals surface area contributed by atoms with Gasteiger partial charge in [-0.3, -0.25) is 4.79 Å². The first kappa shape index (κ1) is 9.75. The van der Waals surface area contributed by atoms with Gasteiger partial charge < -0.3 is 10.1 Å². The molecule has 0 aliphatic rings. The van der Waals surface area contributed by atoms with Gasteiger partial charge in [0.05, 0.1) is 6.54 Å². The first-order chi connectivity index (χ1) is 5.16. The number of rotatable bonds is 5. The molecule has 0 aromatic rings. The smallest absolute Gasteiger partial charge is 0.216 e. The summed E-state index contributed by atoms with van der Waals surface area (Å²) >= 11 is 0. The fraction of sp³-hybridized carbons (Fsp3) is 0.375. The molecular formula is C8H13NO2. The Morgan fingerprint density at radius 1 is 1.73 bits per heavy atom. The summed E-state index contributed by atoms with van der Waals surface area (Å²) in [5, 5.41) is 2.59. The lowest BCUT2D eigenvalue weighted by Gasteiger charge is -2.04. The molecular weight excluding hydrogens is 142 g/mol. The third-order valence-electron chi connectivity index (χ3n) is 0.991. The number of carbonyl (C=O) groups excluding carboxylic acids is 1. The number of ether oxygens (including phenoxy) is 1. The fourth-order valence-electron chi connectivity index (χ4n) is 0.468. The molecule has 0 radical (unpaired) electrons. The maximum absolute atomic E-state index is 10.3. The molecule has 0 rings (SSSR count). The number of hydrogen-bond donors (Lipinski definition) is 1. The molecule has 0 aliphatic heterocycles. The Hall–Kier alpha value is -1.25. The SMILES string of the molecule is C=CC(=C)OCCNC(C)=O. The zero-order chi connectivity index (χ0) is 8.69. The summed E-state index contributed by atoms with van der Waals surface area (Å²) in [6.45, 7) is 9.40. The minimum atomic E-state index is -0.0576. The van der Waals surface area contributed by atoms with E-state index in [-0.39, 0.29) is 5.91 Å². The van der Waals surface area contributed by atoms with E-state index in [9.17, 15) is 4.79 Å². The molecule has 0 spiro atoms. The van der Waals surface area contributed by atoms with Crippen molar-refractivity contribution in [2.45, 2.75) is 6.92 Å². The topological polar surface area (TPSA) is 38.3 Å². The van der Waals surface area contributed by atoms with Gasteiger partial charge in [0.1, 0.15) is 12.4 Å². The molecule has 3 heteroatoms. The van der Waals surface area contributed by atoms with Gasteiger partial charge in [-0.2, -0.15) is 0 Å². The van der Waals surface area contributed by atoms with Crippen LogP contribution in [0.2, 0.25) is 0 Å². The summed E-state index contributed by atoms with van der Waals surface area (Å²) in [6, 6.07) is 0. The van der Waals surface area contributed by atoms with Crippen LogP contribution in [-0.2, 0) is 9.53 Å². The molecule has 0 saturated heterocycles. The van der Waals surface area contributed by atoms with E-state index in [1.165, 1.54) is 13.0 Å². The van der Waals surface area contributed by atoms with Crippen molar-refractivity contribution in [3.8, 4) is 0 Å². The van der Waals surface area contributed by atoms with Crippen LogP contribution in [0, 0.1) is 0 Å². The molecule has 0 aliphatic carbocycles. The van der Waals surface area contributed by atoms with Crippen molar-refractivity contribution in [2.24, 2.45) is 0 Å². The van der Waals surface area contributed by atoms with Crippen LogP contribution in [0.5, 0.6) is 0 Å². The van der Waals surface area contributed by atoms with Crippen LogP contribution in [-0.4, -0.2) is 19.1 Å². The molecule has 0 fully saturated rings. The van der Waals surface area contributed by atoms with Crippen LogP contribution in [0.15, 0.2) is 25.0 Å². The predicted octanol–water partition coefficient (Wildman–Crippen LogP) is 0.839. The van der Waals surface area contributed by atoms with E-state index >= 15 is 0 Å². The Kier molecular flexibility index (Phi) is 4.90. The van der Waals surface area contributed by atoms with E-state index in [1.54, 1.807) is 0 Å². The van der Waals surface area contributed by atoms with E-state index in [4.69, 9.17) is 4.74 Å². The molecule has 1 amide bonds. The van der Waals surface area contributed by atoms with Crippen molar-refractivity contribution >= 4 is 5.91 Å². The molecule has 0 atom stereocenters. The van der Waals surface area contributed by atoms with Crippen molar-refractivity contribution in [1.29, 1.82) is 0 Å². The molecule has 62 valence electrons. The van der Waals surface area contributed by atoms with Gasteiger partial charge >= 0.3 is 0 Å². The summed E-state index contributed by atoms with van der Waals surface area (Å²) < 4.78 is 5.01. The Bertz CT molecular complexity index is 163. The van der Waals surface area contributed by atoms with Crippen molar-refractivity contribution in [3.63, 3.8) is 0 Å². The first-order valence-corrected chi connectivity index (χ1v) is 3.35. The van der Waals surface area contributed by atoms with E-state index in [0.717, 1.165) is 0 Å². The highest BCUT2D eigenvalue weighted by Gasteiger charge is 1.90. The van der Waals surface area contributed by atoms with Crippen LogP contribution in [0.3, 0.4) is 0 Å². The Morgan fingerprint density at radius 2 is 2.36 bits per heavy atom. The van der Waals surface area contributed by atoms with E-state index in [0.29, 0.717) is 18.9 Å². The maximum atomic E-state index is 10.3. The lowest BCUT2D eigenvalue weighted by molar-refractivity contribution is -0.119. The van der Waals surface area contributed by atoms with Crippen molar-refractivity contribution in [3.05, 3.63) is 25.0 Å². The van der Waals surface area contributed by atoms with Gasteiger partial charge in [-0.05, 0) is 6.08 Å². The third kappa shape index (κ3) is 6.64. The zero-order valence-electron chi connectivity index (χ0n) is 6.72. The average Bonchev–Trinajstić information content (AvgIpc) is 1.97. The summed E-state index contributed by atoms with van der Waals surface area (Å²) in [5.41, 5.74) is 0. The van der Waals surface area contributed by atoms with Crippen molar-refractivity contribution in [2.75, 3.05) is 13.2 Å². The minimum absolute atomic E-state index is 0.0576. The van der Waals surface area contributed by atoms with Gasteiger partial charge in [0, 0.05) is 6.92 Å². The molecule has 1 N–H and O–H groups in total. The fourth-order valence-corrected chi connectivity index (χ4v) is 0.468. The van der Waals surface area contributed by atoms with Gasteiger partial charge in [-0.25, -0.2) is 0 Å². The lowest BCUT2D eigenvalue weighted by Crippen LogP contribution is -2.24. The molecule has 0 saturated carbocycles. The summed E-state index contributed by atoms with van der Waals surface area (Å²) in [5.74, 6) is 0.466. The van der Waals surface area contributed by atoms with E-state index < -0.39 is 0 Å². The summed E-state index contributed by atoms with van der Waals surface area (Å²) in [7, 11) is 0. The summed E-state index contributed by atoms with van der Waals surface area (Å²) in [4.78, 5) is 10.3. The highest BCUT2D eigenvalue weighted by molar-refractivity contribution is 5.72. The number of amides is 1. The first-order valence-electron chi connectivity index (χ1n) is 3.35. The number of carbonyl (C=O) groups is 1. The van der Waals surface area contributed by atoms with Crippen LogP contribution >= 0.6 is 0 Å². The standard InChI is InChI=1S/C8H13NO2/c1-4-7(2)11-6-5-9-8(3)10/h4H,1-2,5-6H2,3H3,(H,9,10). The third-order valence-corrected chi connectivity index (χ3v) is 0.991. The van der Waals surface area contributed by atoms with Crippen LogP contribution < -0.4 is 5.32 Å². The molecule has 11 heavy (non-hydrogen) atoms. The van der Waals surface area contributed by atoms with Gasteiger partial charge in [0.2, 0.25) is 5.91 Å². The van der Waals surface area contributed by atoms with Crippen LogP contribution in [0.4, 0.5) is 0 Å². The van der Waals surface area contributed by atoms with Gasteiger partial charge in [0.25, 0.3) is 0 Å².